The highest BCUT2D eigenvalue weighted by Gasteiger charge is 2.23. The van der Waals surface area contributed by atoms with Crippen molar-refractivity contribution in [3.8, 4) is 5.75 Å². The minimum absolute atomic E-state index is 0.0688. The van der Waals surface area contributed by atoms with Crippen molar-refractivity contribution in [2.75, 3.05) is 23.9 Å². The SMILES string of the molecule is COc1cc(NC(=O)C2CCCS2)ccc1N. The highest BCUT2D eigenvalue weighted by atomic mass is 32.2. The van der Waals surface area contributed by atoms with Gasteiger partial charge in [0.15, 0.2) is 0 Å². The van der Waals surface area contributed by atoms with Crippen LogP contribution in [0.5, 0.6) is 5.75 Å². The number of nitrogens with one attached hydrogen (secondary N) is 1. The highest BCUT2D eigenvalue weighted by molar-refractivity contribution is 8.00. The van der Waals surface area contributed by atoms with Crippen LogP contribution >= 0.6 is 11.8 Å². The van der Waals surface area contributed by atoms with E-state index in [1.807, 2.05) is 0 Å². The van der Waals surface area contributed by atoms with Gasteiger partial charge in [0.1, 0.15) is 5.75 Å². The lowest BCUT2D eigenvalue weighted by atomic mass is 10.2. The molecular formula is C12H16N2O2S. The lowest BCUT2D eigenvalue weighted by Gasteiger charge is -2.11. The van der Waals surface area contributed by atoms with E-state index in [4.69, 9.17) is 10.5 Å². The first-order chi connectivity index (χ1) is 8.20. The second-order valence-electron chi connectivity index (χ2n) is 3.95. The normalized spacial score (nSPS) is 19.0. The molecule has 1 atom stereocenters. The Balaban J connectivity index is 2.05. The van der Waals surface area contributed by atoms with Crippen molar-refractivity contribution in [3.63, 3.8) is 0 Å². The number of hydrogen-bond acceptors (Lipinski definition) is 4. The van der Waals surface area contributed by atoms with Gasteiger partial charge in [-0.2, -0.15) is 0 Å². The molecule has 17 heavy (non-hydrogen) atoms. The van der Waals surface area contributed by atoms with Gasteiger partial charge in [-0.1, -0.05) is 0 Å². The molecule has 5 heteroatoms. The fourth-order valence-corrected chi connectivity index (χ4v) is 2.96. The molecule has 1 aliphatic heterocycles. The summed E-state index contributed by atoms with van der Waals surface area (Å²) in [7, 11) is 1.56. The van der Waals surface area contributed by atoms with E-state index in [2.05, 4.69) is 5.32 Å². The van der Waals surface area contributed by atoms with Gasteiger partial charge in [0.05, 0.1) is 18.0 Å². The molecule has 1 saturated heterocycles. The third kappa shape index (κ3) is 2.85. The Morgan fingerprint density at radius 3 is 3.06 bits per heavy atom. The Labute approximate surface area is 105 Å². The molecule has 0 bridgehead atoms. The number of carbonyl (C=O) groups excluding carboxylic acids is 1. The van der Waals surface area contributed by atoms with Crippen LogP contribution in [0.4, 0.5) is 11.4 Å². The van der Waals surface area contributed by atoms with Crippen molar-refractivity contribution in [1.29, 1.82) is 0 Å². The van der Waals surface area contributed by atoms with Gasteiger partial charge in [0.2, 0.25) is 5.91 Å². The van der Waals surface area contributed by atoms with Gasteiger partial charge >= 0.3 is 0 Å². The molecule has 0 spiro atoms. The second kappa shape index (κ2) is 5.31. The zero-order chi connectivity index (χ0) is 12.3. The van der Waals surface area contributed by atoms with E-state index in [1.165, 1.54) is 0 Å². The number of nitrogen functional groups attached to an aromatic ring is 1. The van der Waals surface area contributed by atoms with E-state index in [0.29, 0.717) is 11.4 Å². The second-order valence-corrected chi connectivity index (χ2v) is 5.26. The van der Waals surface area contributed by atoms with E-state index >= 15 is 0 Å². The third-order valence-corrected chi connectivity index (χ3v) is 4.10. The van der Waals surface area contributed by atoms with Crippen LogP contribution < -0.4 is 15.8 Å². The van der Waals surface area contributed by atoms with Gasteiger partial charge < -0.3 is 15.8 Å². The molecule has 0 saturated carbocycles. The third-order valence-electron chi connectivity index (χ3n) is 2.72. The summed E-state index contributed by atoms with van der Waals surface area (Å²) in [6.07, 6.45) is 2.08. The van der Waals surface area contributed by atoms with Crippen LogP contribution in [0, 0.1) is 0 Å². The molecular weight excluding hydrogens is 236 g/mol. The average Bonchev–Trinajstić information content (AvgIpc) is 2.85. The van der Waals surface area contributed by atoms with E-state index in [-0.39, 0.29) is 11.2 Å². The quantitative estimate of drug-likeness (QED) is 0.809. The Kier molecular flexibility index (Phi) is 3.78. The predicted octanol–water partition coefficient (Wildman–Crippen LogP) is 2.11. The van der Waals surface area contributed by atoms with Crippen LogP contribution in [0.15, 0.2) is 18.2 Å². The van der Waals surface area contributed by atoms with E-state index in [0.717, 1.165) is 24.3 Å². The lowest BCUT2D eigenvalue weighted by molar-refractivity contribution is -0.115. The lowest BCUT2D eigenvalue weighted by Crippen LogP contribution is -2.22. The van der Waals surface area contributed by atoms with Gasteiger partial charge in [-0.3, -0.25) is 4.79 Å². The first-order valence-electron chi connectivity index (χ1n) is 5.56. The Hall–Kier alpha value is -1.36. The van der Waals surface area contributed by atoms with Crippen LogP contribution in [0.3, 0.4) is 0 Å². The standard InChI is InChI=1S/C12H16N2O2S/c1-16-10-7-8(4-5-9(10)13)14-12(15)11-3-2-6-17-11/h4-5,7,11H,2-3,6,13H2,1H3,(H,14,15). The van der Waals surface area contributed by atoms with Crippen LogP contribution in [0.25, 0.3) is 0 Å². The molecule has 92 valence electrons. The van der Waals surface area contributed by atoms with Gasteiger partial charge in [-0.05, 0) is 30.7 Å². The van der Waals surface area contributed by atoms with E-state index < -0.39 is 0 Å². The number of benzene rings is 1. The minimum Gasteiger partial charge on any atom is -0.495 e. The predicted molar refractivity (Wildman–Crippen MR) is 71.5 cm³/mol. The van der Waals surface area contributed by atoms with Crippen molar-refractivity contribution in [2.45, 2.75) is 18.1 Å². The number of methoxy groups -OCH3 is 1. The Morgan fingerprint density at radius 2 is 2.41 bits per heavy atom. The summed E-state index contributed by atoms with van der Waals surface area (Å²) in [6.45, 7) is 0. The highest BCUT2D eigenvalue weighted by Crippen LogP contribution is 2.29. The summed E-state index contributed by atoms with van der Waals surface area (Å²) in [5, 5.41) is 2.97. The zero-order valence-electron chi connectivity index (χ0n) is 9.73. The number of hydrogen-bond donors (Lipinski definition) is 2. The molecule has 1 aromatic carbocycles. The summed E-state index contributed by atoms with van der Waals surface area (Å²) in [6, 6.07) is 5.26. The van der Waals surface area contributed by atoms with Crippen LogP contribution in [0.2, 0.25) is 0 Å². The maximum absolute atomic E-state index is 11.9. The Morgan fingerprint density at radius 1 is 1.59 bits per heavy atom. The summed E-state index contributed by atoms with van der Waals surface area (Å²) >= 11 is 1.71. The topological polar surface area (TPSA) is 64.3 Å². The zero-order valence-corrected chi connectivity index (χ0v) is 10.5. The fraction of sp³-hybridized carbons (Fsp3) is 0.417. The molecule has 1 fully saturated rings. The molecule has 0 radical (unpaired) electrons. The fourth-order valence-electron chi connectivity index (χ4n) is 1.80. The molecule has 1 heterocycles. The van der Waals surface area contributed by atoms with Crippen molar-refractivity contribution in [1.82, 2.24) is 0 Å². The van der Waals surface area contributed by atoms with Gasteiger partial charge in [0.25, 0.3) is 0 Å². The van der Waals surface area contributed by atoms with E-state index in [9.17, 15) is 4.79 Å². The monoisotopic (exact) mass is 252 g/mol. The molecule has 1 amide bonds. The number of thioether (sulfide) groups is 1. The summed E-state index contributed by atoms with van der Waals surface area (Å²) in [5.74, 6) is 1.73. The number of amides is 1. The Bertz CT molecular complexity index is 417. The smallest absolute Gasteiger partial charge is 0.237 e. The number of rotatable bonds is 3. The largest absolute Gasteiger partial charge is 0.495 e. The summed E-state index contributed by atoms with van der Waals surface area (Å²) < 4.78 is 5.11. The molecule has 3 N–H and O–H groups in total. The van der Waals surface area contributed by atoms with Crippen LogP contribution in [0.1, 0.15) is 12.8 Å². The summed E-state index contributed by atoms with van der Waals surface area (Å²) in [4.78, 5) is 11.9. The van der Waals surface area contributed by atoms with Crippen LogP contribution in [-0.2, 0) is 4.79 Å². The molecule has 2 rings (SSSR count). The first kappa shape index (κ1) is 12.1. The molecule has 4 nitrogen and oxygen atoms in total. The molecule has 1 aromatic rings. The maximum atomic E-state index is 11.9. The van der Waals surface area contributed by atoms with Crippen molar-refractivity contribution in [2.24, 2.45) is 0 Å². The van der Waals surface area contributed by atoms with Gasteiger partial charge in [0, 0.05) is 11.8 Å². The molecule has 0 aromatic heterocycles. The first-order valence-corrected chi connectivity index (χ1v) is 6.61. The van der Waals surface area contributed by atoms with Crippen molar-refractivity contribution < 1.29 is 9.53 Å². The van der Waals surface area contributed by atoms with Crippen molar-refractivity contribution in [3.05, 3.63) is 18.2 Å². The molecule has 1 aliphatic rings. The summed E-state index contributed by atoms with van der Waals surface area (Å²) in [5.41, 5.74) is 7.01. The van der Waals surface area contributed by atoms with Crippen LogP contribution in [-0.4, -0.2) is 24.0 Å². The maximum Gasteiger partial charge on any atom is 0.237 e. The van der Waals surface area contributed by atoms with Gasteiger partial charge in [-0.25, -0.2) is 0 Å². The van der Waals surface area contributed by atoms with E-state index in [1.54, 1.807) is 37.1 Å². The molecule has 0 aliphatic carbocycles. The number of nitrogens with two attached hydrogens (primary N) is 1. The number of carbonyl (C=O) groups is 1. The van der Waals surface area contributed by atoms with Crippen molar-refractivity contribution >= 4 is 29.0 Å². The number of ether oxygens (including phenoxy) is 1. The average molecular weight is 252 g/mol. The minimum atomic E-state index is 0.0688. The molecule has 1 unspecified atom stereocenters. The number of anilines is 2. The van der Waals surface area contributed by atoms with Gasteiger partial charge in [-0.15, -0.1) is 11.8 Å².